The normalized spacial score (nSPS) is 38.0. The lowest BCUT2D eigenvalue weighted by Gasteiger charge is -2.22. The van der Waals surface area contributed by atoms with Crippen molar-refractivity contribution < 1.29 is 14.3 Å². The van der Waals surface area contributed by atoms with Gasteiger partial charge >= 0.3 is 0 Å². The maximum absolute atomic E-state index is 13.1. The van der Waals surface area contributed by atoms with Gasteiger partial charge in [0.1, 0.15) is 5.92 Å². The first kappa shape index (κ1) is 14.7. The molecule has 1 aliphatic carbocycles. The number of terminal acetylenes is 1. The minimum atomic E-state index is -0.629. The van der Waals surface area contributed by atoms with Gasteiger partial charge in [0.15, 0.2) is 11.6 Å². The number of benzene rings is 1. The summed E-state index contributed by atoms with van der Waals surface area (Å²) in [5, 5.41) is 0. The van der Waals surface area contributed by atoms with E-state index >= 15 is 0 Å². The average Bonchev–Trinajstić information content (AvgIpc) is 3.12. The predicted octanol–water partition coefficient (Wildman–Crippen LogP) is 2.50. The zero-order valence-electron chi connectivity index (χ0n) is 13.6. The zero-order chi connectivity index (χ0) is 16.5. The van der Waals surface area contributed by atoms with E-state index in [4.69, 9.17) is 11.2 Å². The van der Waals surface area contributed by atoms with E-state index in [1.807, 2.05) is 32.9 Å². The summed E-state index contributed by atoms with van der Waals surface area (Å²) in [6.45, 7) is 6.00. The molecule has 2 heterocycles. The lowest BCUT2D eigenvalue weighted by atomic mass is 9.76. The smallest absolute Gasteiger partial charge is 0.154 e. The Hall–Kier alpha value is -1.92. The van der Waals surface area contributed by atoms with Crippen LogP contribution in [-0.4, -0.2) is 23.8 Å². The van der Waals surface area contributed by atoms with Gasteiger partial charge in [0.25, 0.3) is 0 Å². The average molecular weight is 308 g/mol. The molecule has 0 aromatic heterocycles. The Labute approximate surface area is 136 Å². The van der Waals surface area contributed by atoms with Gasteiger partial charge in [-0.1, -0.05) is 17.7 Å². The minimum absolute atomic E-state index is 0.0162. The molecule has 0 amide bonds. The first-order chi connectivity index (χ1) is 10.9. The highest BCUT2D eigenvalue weighted by molar-refractivity contribution is 6.17. The van der Waals surface area contributed by atoms with Crippen LogP contribution in [0.2, 0.25) is 0 Å². The van der Waals surface area contributed by atoms with Crippen LogP contribution in [0.15, 0.2) is 12.1 Å². The molecule has 0 radical (unpaired) electrons. The van der Waals surface area contributed by atoms with Crippen LogP contribution in [-0.2, 0) is 14.3 Å². The number of rotatable bonds is 1. The fourth-order valence-electron chi connectivity index (χ4n) is 5.06. The Bertz CT molecular complexity index is 747. The summed E-state index contributed by atoms with van der Waals surface area (Å²) in [5.74, 6) is 1.51. The van der Waals surface area contributed by atoms with E-state index in [2.05, 4.69) is 5.92 Å². The molecular formula is C20H20O3. The van der Waals surface area contributed by atoms with E-state index in [-0.39, 0.29) is 41.5 Å². The lowest BCUT2D eigenvalue weighted by Crippen LogP contribution is -2.34. The van der Waals surface area contributed by atoms with Crippen molar-refractivity contribution >= 4 is 11.6 Å². The maximum Gasteiger partial charge on any atom is 0.154 e. The van der Waals surface area contributed by atoms with E-state index in [0.29, 0.717) is 6.42 Å². The molecule has 4 rings (SSSR count). The quantitative estimate of drug-likeness (QED) is 0.591. The highest BCUT2D eigenvalue weighted by atomic mass is 16.5. The van der Waals surface area contributed by atoms with Crippen molar-refractivity contribution in [1.29, 1.82) is 0 Å². The zero-order valence-corrected chi connectivity index (χ0v) is 13.6. The third kappa shape index (κ3) is 1.82. The van der Waals surface area contributed by atoms with Crippen LogP contribution in [0, 0.1) is 50.9 Å². The molecule has 0 N–H and O–H groups in total. The van der Waals surface area contributed by atoms with Gasteiger partial charge in [-0.05, 0) is 43.9 Å². The molecule has 3 heteroatoms. The fourth-order valence-corrected chi connectivity index (χ4v) is 5.06. The number of Topliss-reactive ketones (excluding diaryl/α,β-unsaturated/α-hetero) is 2. The van der Waals surface area contributed by atoms with Crippen molar-refractivity contribution in [2.75, 3.05) is 0 Å². The highest BCUT2D eigenvalue weighted by Gasteiger charge is 2.65. The van der Waals surface area contributed by atoms with Crippen LogP contribution < -0.4 is 0 Å². The van der Waals surface area contributed by atoms with Gasteiger partial charge < -0.3 is 4.74 Å². The van der Waals surface area contributed by atoms with E-state index in [1.54, 1.807) is 0 Å². The van der Waals surface area contributed by atoms with Crippen molar-refractivity contribution in [3.8, 4) is 12.3 Å². The molecule has 1 aromatic rings. The van der Waals surface area contributed by atoms with Crippen LogP contribution in [0.1, 0.15) is 34.6 Å². The number of fused-ring (bicyclic) bond motifs is 5. The second-order valence-electron chi connectivity index (χ2n) is 7.25. The molecule has 2 aliphatic heterocycles. The van der Waals surface area contributed by atoms with Gasteiger partial charge in [0, 0.05) is 5.92 Å². The van der Waals surface area contributed by atoms with Crippen molar-refractivity contribution in [3.63, 3.8) is 0 Å². The Balaban J connectivity index is 1.78. The van der Waals surface area contributed by atoms with Gasteiger partial charge in [0.2, 0.25) is 0 Å². The van der Waals surface area contributed by atoms with E-state index < -0.39 is 5.92 Å². The molecule has 3 nitrogen and oxygen atoms in total. The molecule has 3 fully saturated rings. The van der Waals surface area contributed by atoms with Gasteiger partial charge in [0.05, 0.1) is 24.0 Å². The Morgan fingerprint density at radius 1 is 1.09 bits per heavy atom. The fraction of sp³-hybridized carbons (Fsp3) is 0.500. The summed E-state index contributed by atoms with van der Waals surface area (Å²) in [6.07, 6.45) is 5.85. The van der Waals surface area contributed by atoms with Gasteiger partial charge in [-0.15, -0.1) is 12.3 Å². The molecule has 2 bridgehead atoms. The van der Waals surface area contributed by atoms with Crippen molar-refractivity contribution in [2.24, 2.45) is 17.8 Å². The number of aryl methyl sites for hydroxylation is 3. The highest BCUT2D eigenvalue weighted by Crippen LogP contribution is 2.54. The van der Waals surface area contributed by atoms with Gasteiger partial charge in [-0.25, -0.2) is 0 Å². The maximum atomic E-state index is 13.1. The second-order valence-corrected chi connectivity index (χ2v) is 7.25. The number of carbonyl (C=O) groups is 2. The van der Waals surface area contributed by atoms with Gasteiger partial charge in [-0.3, -0.25) is 9.59 Å². The summed E-state index contributed by atoms with van der Waals surface area (Å²) in [4.78, 5) is 26.1. The number of ether oxygens (including phenoxy) is 1. The molecular weight excluding hydrogens is 288 g/mol. The van der Waals surface area contributed by atoms with Crippen LogP contribution in [0.5, 0.6) is 0 Å². The summed E-state index contributed by atoms with van der Waals surface area (Å²) in [6, 6.07) is 4.10. The standard InChI is InChI=1S/C20H20O3/c1-5-12-8-13-15-17(20(12)23-13)19(22)16(18(15)21)14-10(3)6-9(2)7-11(14)4/h1,6-7,12-13,15-17,20H,8H2,2-4H3. The lowest BCUT2D eigenvalue weighted by molar-refractivity contribution is -0.127. The van der Waals surface area contributed by atoms with Crippen molar-refractivity contribution in [3.05, 3.63) is 34.4 Å². The summed E-state index contributed by atoms with van der Waals surface area (Å²) < 4.78 is 5.86. The number of ketones is 2. The van der Waals surface area contributed by atoms with Crippen LogP contribution >= 0.6 is 0 Å². The van der Waals surface area contributed by atoms with E-state index in [1.165, 1.54) is 0 Å². The third-order valence-electron chi connectivity index (χ3n) is 5.82. The Morgan fingerprint density at radius 2 is 1.70 bits per heavy atom. The van der Waals surface area contributed by atoms with Crippen LogP contribution in [0.4, 0.5) is 0 Å². The second kappa shape index (κ2) is 4.79. The first-order valence-electron chi connectivity index (χ1n) is 8.20. The molecule has 6 unspecified atom stereocenters. The molecule has 23 heavy (non-hydrogen) atoms. The monoisotopic (exact) mass is 308 g/mol. The molecule has 2 saturated heterocycles. The number of hydrogen-bond donors (Lipinski definition) is 0. The molecule has 3 aliphatic rings. The van der Waals surface area contributed by atoms with Gasteiger partial charge in [-0.2, -0.15) is 0 Å². The summed E-state index contributed by atoms with van der Waals surface area (Å²) in [7, 11) is 0. The van der Waals surface area contributed by atoms with E-state index in [9.17, 15) is 9.59 Å². The molecule has 1 aromatic carbocycles. The topological polar surface area (TPSA) is 43.4 Å². The SMILES string of the molecule is C#CC1CC2OC1C1C(=O)C(c3c(C)cc(C)cc3C)C(=O)C21. The predicted molar refractivity (Wildman–Crippen MR) is 86.0 cm³/mol. The van der Waals surface area contributed by atoms with Crippen molar-refractivity contribution in [2.45, 2.75) is 45.3 Å². The van der Waals surface area contributed by atoms with Crippen LogP contribution in [0.25, 0.3) is 0 Å². The third-order valence-corrected chi connectivity index (χ3v) is 5.82. The molecule has 0 spiro atoms. The summed E-state index contributed by atoms with van der Waals surface area (Å²) >= 11 is 0. The number of hydrogen-bond acceptors (Lipinski definition) is 3. The number of carbonyl (C=O) groups excluding carboxylic acids is 2. The largest absolute Gasteiger partial charge is 0.372 e. The molecule has 118 valence electrons. The Morgan fingerprint density at radius 3 is 2.30 bits per heavy atom. The minimum Gasteiger partial charge on any atom is -0.372 e. The van der Waals surface area contributed by atoms with Crippen LogP contribution in [0.3, 0.4) is 0 Å². The molecule has 1 saturated carbocycles. The Kier molecular flexibility index (Phi) is 3.05. The van der Waals surface area contributed by atoms with Crippen molar-refractivity contribution in [1.82, 2.24) is 0 Å². The van der Waals surface area contributed by atoms with E-state index in [0.717, 1.165) is 22.3 Å². The molecule has 6 atom stereocenters. The first-order valence-corrected chi connectivity index (χ1v) is 8.20. The summed E-state index contributed by atoms with van der Waals surface area (Å²) in [5.41, 5.74) is 4.10.